The minimum Gasteiger partial charge on any atom is -0.492 e. The Morgan fingerprint density at radius 2 is 2.08 bits per heavy atom. The Kier molecular flexibility index (Phi) is 5.27. The molecule has 1 aliphatic heterocycles. The minimum absolute atomic E-state index is 0.0247. The lowest BCUT2D eigenvalue weighted by Gasteiger charge is -2.15. The molecule has 0 unspecified atom stereocenters. The van der Waals surface area contributed by atoms with Crippen LogP contribution in [0, 0.1) is 0 Å². The van der Waals surface area contributed by atoms with Crippen molar-refractivity contribution >= 4 is 11.6 Å². The van der Waals surface area contributed by atoms with Crippen molar-refractivity contribution in [2.75, 3.05) is 11.9 Å². The van der Waals surface area contributed by atoms with E-state index in [1.807, 2.05) is 56.3 Å². The number of carbonyl (C=O) groups excluding carboxylic acids is 1. The van der Waals surface area contributed by atoms with Gasteiger partial charge in [-0.25, -0.2) is 0 Å². The molecule has 4 nitrogen and oxygen atoms in total. The van der Waals surface area contributed by atoms with Crippen LogP contribution >= 0.6 is 0 Å². The zero-order chi connectivity index (χ0) is 17.8. The van der Waals surface area contributed by atoms with E-state index in [-0.39, 0.29) is 17.9 Å². The van der Waals surface area contributed by atoms with Gasteiger partial charge in [-0.05, 0) is 31.4 Å². The SMILES string of the molecule is CCOc1cc2c(cc1NC(=O)C[C@H](C)c1ccccc1)O[C@H](C)C2. The highest BCUT2D eigenvalue weighted by molar-refractivity contribution is 5.93. The fourth-order valence-corrected chi connectivity index (χ4v) is 3.19. The Bertz CT molecular complexity index is 742. The Hall–Kier alpha value is -2.49. The van der Waals surface area contributed by atoms with Crippen LogP contribution in [0.2, 0.25) is 0 Å². The third kappa shape index (κ3) is 4.13. The lowest BCUT2D eigenvalue weighted by Crippen LogP contribution is -2.15. The summed E-state index contributed by atoms with van der Waals surface area (Å²) in [5.74, 6) is 1.67. The number of benzene rings is 2. The summed E-state index contributed by atoms with van der Waals surface area (Å²) in [5.41, 5.74) is 2.97. The highest BCUT2D eigenvalue weighted by Gasteiger charge is 2.23. The summed E-state index contributed by atoms with van der Waals surface area (Å²) in [6, 6.07) is 13.9. The van der Waals surface area contributed by atoms with Gasteiger partial charge in [0.2, 0.25) is 5.91 Å². The first kappa shape index (κ1) is 17.3. The lowest BCUT2D eigenvalue weighted by molar-refractivity contribution is -0.116. The summed E-state index contributed by atoms with van der Waals surface area (Å²) >= 11 is 0. The topological polar surface area (TPSA) is 47.6 Å². The molecule has 2 aromatic rings. The summed E-state index contributed by atoms with van der Waals surface area (Å²) in [4.78, 5) is 12.5. The van der Waals surface area contributed by atoms with Crippen LogP contribution in [0.3, 0.4) is 0 Å². The first-order valence-corrected chi connectivity index (χ1v) is 8.88. The van der Waals surface area contributed by atoms with E-state index in [1.54, 1.807) is 0 Å². The van der Waals surface area contributed by atoms with Crippen LogP contribution in [-0.2, 0) is 11.2 Å². The molecule has 0 saturated carbocycles. The summed E-state index contributed by atoms with van der Waals surface area (Å²) in [5, 5.41) is 3.00. The molecule has 0 fully saturated rings. The van der Waals surface area contributed by atoms with E-state index in [0.29, 0.717) is 24.5 Å². The van der Waals surface area contributed by atoms with Crippen LogP contribution in [0.5, 0.6) is 11.5 Å². The second-order valence-electron chi connectivity index (χ2n) is 6.59. The van der Waals surface area contributed by atoms with Crippen LogP contribution in [-0.4, -0.2) is 18.6 Å². The average Bonchev–Trinajstić information content (AvgIpc) is 2.95. The van der Waals surface area contributed by atoms with Crippen molar-refractivity contribution < 1.29 is 14.3 Å². The van der Waals surface area contributed by atoms with Crippen molar-refractivity contribution in [2.24, 2.45) is 0 Å². The summed E-state index contributed by atoms with van der Waals surface area (Å²) in [6.07, 6.45) is 1.45. The molecule has 0 spiro atoms. The quantitative estimate of drug-likeness (QED) is 0.840. The number of anilines is 1. The van der Waals surface area contributed by atoms with E-state index in [0.717, 1.165) is 23.3 Å². The van der Waals surface area contributed by atoms with Gasteiger partial charge in [-0.15, -0.1) is 0 Å². The van der Waals surface area contributed by atoms with Crippen LogP contribution in [0.1, 0.15) is 44.2 Å². The fourth-order valence-electron chi connectivity index (χ4n) is 3.19. The molecule has 0 aliphatic carbocycles. The summed E-state index contributed by atoms with van der Waals surface area (Å²) in [6.45, 7) is 6.60. The normalized spacial score (nSPS) is 16.7. The predicted octanol–water partition coefficient (Wildman–Crippen LogP) is 4.54. The van der Waals surface area contributed by atoms with E-state index in [1.165, 1.54) is 0 Å². The van der Waals surface area contributed by atoms with Gasteiger partial charge in [0.15, 0.2) is 0 Å². The number of nitrogens with one attached hydrogen (secondary N) is 1. The molecule has 25 heavy (non-hydrogen) atoms. The molecule has 1 N–H and O–H groups in total. The first-order valence-electron chi connectivity index (χ1n) is 8.88. The smallest absolute Gasteiger partial charge is 0.225 e. The number of fused-ring (bicyclic) bond motifs is 1. The number of rotatable bonds is 6. The Morgan fingerprint density at radius 3 is 2.80 bits per heavy atom. The van der Waals surface area contributed by atoms with Crippen LogP contribution < -0.4 is 14.8 Å². The van der Waals surface area contributed by atoms with Gasteiger partial charge in [-0.2, -0.15) is 0 Å². The van der Waals surface area contributed by atoms with Gasteiger partial charge >= 0.3 is 0 Å². The predicted molar refractivity (Wildman–Crippen MR) is 99.5 cm³/mol. The van der Waals surface area contributed by atoms with Gasteiger partial charge in [0.1, 0.15) is 17.6 Å². The van der Waals surface area contributed by atoms with Crippen LogP contribution in [0.25, 0.3) is 0 Å². The maximum absolute atomic E-state index is 12.5. The van der Waals surface area contributed by atoms with Gasteiger partial charge in [0.05, 0.1) is 12.3 Å². The highest BCUT2D eigenvalue weighted by Crippen LogP contribution is 2.38. The molecular formula is C21H25NO3. The molecule has 1 heterocycles. The number of hydrogen-bond acceptors (Lipinski definition) is 3. The molecule has 2 aromatic carbocycles. The van der Waals surface area contributed by atoms with E-state index in [9.17, 15) is 4.79 Å². The van der Waals surface area contributed by atoms with Crippen molar-refractivity contribution in [3.63, 3.8) is 0 Å². The molecule has 1 aliphatic rings. The van der Waals surface area contributed by atoms with Crippen molar-refractivity contribution in [3.8, 4) is 11.5 Å². The maximum Gasteiger partial charge on any atom is 0.225 e. The Morgan fingerprint density at radius 1 is 1.32 bits per heavy atom. The molecule has 4 heteroatoms. The largest absolute Gasteiger partial charge is 0.492 e. The first-order chi connectivity index (χ1) is 12.1. The Balaban J connectivity index is 1.73. The lowest BCUT2D eigenvalue weighted by atomic mass is 9.97. The maximum atomic E-state index is 12.5. The molecule has 2 atom stereocenters. The van der Waals surface area contributed by atoms with E-state index < -0.39 is 0 Å². The number of hydrogen-bond donors (Lipinski definition) is 1. The fraction of sp³-hybridized carbons (Fsp3) is 0.381. The summed E-state index contributed by atoms with van der Waals surface area (Å²) in [7, 11) is 0. The van der Waals surface area contributed by atoms with E-state index >= 15 is 0 Å². The minimum atomic E-state index is -0.0247. The van der Waals surface area contributed by atoms with Gasteiger partial charge in [0.25, 0.3) is 0 Å². The zero-order valence-corrected chi connectivity index (χ0v) is 15.0. The van der Waals surface area contributed by atoms with Crippen molar-refractivity contribution in [1.29, 1.82) is 0 Å². The third-order valence-corrected chi connectivity index (χ3v) is 4.43. The van der Waals surface area contributed by atoms with Crippen molar-refractivity contribution in [3.05, 3.63) is 53.6 Å². The molecule has 0 saturated heterocycles. The van der Waals surface area contributed by atoms with Gasteiger partial charge in [-0.1, -0.05) is 37.3 Å². The zero-order valence-electron chi connectivity index (χ0n) is 15.0. The average molecular weight is 339 g/mol. The van der Waals surface area contributed by atoms with Crippen LogP contribution in [0.4, 0.5) is 5.69 Å². The van der Waals surface area contributed by atoms with Gasteiger partial charge < -0.3 is 14.8 Å². The standard InChI is InChI=1S/C21H25NO3/c1-4-24-20-12-17-11-15(3)25-19(17)13-18(20)22-21(23)10-14(2)16-8-6-5-7-9-16/h5-9,12-15H,4,10-11H2,1-3H3,(H,22,23)/t14-,15+/m0/s1. The van der Waals surface area contributed by atoms with Gasteiger partial charge in [-0.3, -0.25) is 4.79 Å². The monoisotopic (exact) mass is 339 g/mol. The molecule has 0 aromatic heterocycles. The molecule has 3 rings (SSSR count). The summed E-state index contributed by atoms with van der Waals surface area (Å²) < 4.78 is 11.5. The molecule has 132 valence electrons. The van der Waals surface area contributed by atoms with E-state index in [2.05, 4.69) is 12.2 Å². The molecule has 0 bridgehead atoms. The van der Waals surface area contributed by atoms with Crippen molar-refractivity contribution in [2.45, 2.75) is 45.6 Å². The molecule has 0 radical (unpaired) electrons. The Labute approximate surface area is 149 Å². The second kappa shape index (κ2) is 7.60. The van der Waals surface area contributed by atoms with Crippen molar-refractivity contribution in [1.82, 2.24) is 0 Å². The van der Waals surface area contributed by atoms with Gasteiger partial charge in [0, 0.05) is 24.5 Å². The number of amides is 1. The molecule has 1 amide bonds. The highest BCUT2D eigenvalue weighted by atomic mass is 16.5. The number of ether oxygens (including phenoxy) is 2. The number of carbonyl (C=O) groups is 1. The second-order valence-corrected chi connectivity index (χ2v) is 6.59. The van der Waals surface area contributed by atoms with E-state index in [4.69, 9.17) is 9.47 Å². The third-order valence-electron chi connectivity index (χ3n) is 4.43. The molecular weight excluding hydrogens is 314 g/mol. The van der Waals surface area contributed by atoms with Crippen LogP contribution in [0.15, 0.2) is 42.5 Å².